The van der Waals surface area contributed by atoms with Crippen molar-refractivity contribution in [2.24, 2.45) is 17.1 Å². The number of hydrogen-bond donors (Lipinski definition) is 2. The van der Waals surface area contributed by atoms with Crippen molar-refractivity contribution in [2.45, 2.75) is 66.0 Å². The average molecular weight is 286 g/mol. The summed E-state index contributed by atoms with van der Waals surface area (Å²) in [5, 5.41) is 2.74. The Morgan fingerprint density at radius 3 is 2.25 bits per heavy atom. The summed E-state index contributed by atoms with van der Waals surface area (Å²) >= 11 is 0. The molecule has 0 aromatic heterocycles. The zero-order valence-corrected chi connectivity index (χ0v) is 13.7. The van der Waals surface area contributed by atoms with E-state index >= 15 is 0 Å². The maximum atomic E-state index is 12.0. The Labute approximate surface area is 122 Å². The van der Waals surface area contributed by atoms with Crippen LogP contribution < -0.4 is 11.1 Å². The minimum atomic E-state index is -0.598. The number of nitrogens with two attached hydrogens (primary N) is 1. The molecule has 5 nitrogen and oxygen atoms in total. The number of esters is 1. The highest BCUT2D eigenvalue weighted by Crippen LogP contribution is 2.21. The molecule has 0 heterocycles. The number of carbonyl (C=O) groups is 2. The molecule has 20 heavy (non-hydrogen) atoms. The van der Waals surface area contributed by atoms with Crippen molar-refractivity contribution in [3.8, 4) is 0 Å². The number of ether oxygens (including phenoxy) is 1. The van der Waals surface area contributed by atoms with E-state index in [4.69, 9.17) is 10.5 Å². The topological polar surface area (TPSA) is 81.4 Å². The van der Waals surface area contributed by atoms with Gasteiger partial charge in [0, 0.05) is 12.5 Å². The summed E-state index contributed by atoms with van der Waals surface area (Å²) in [7, 11) is 1.33. The van der Waals surface area contributed by atoms with Gasteiger partial charge in [0.15, 0.2) is 0 Å². The number of rotatable bonds is 7. The van der Waals surface area contributed by atoms with Crippen LogP contribution in [0, 0.1) is 11.3 Å². The second kappa shape index (κ2) is 8.25. The van der Waals surface area contributed by atoms with E-state index in [-0.39, 0.29) is 29.7 Å². The molecule has 3 unspecified atom stereocenters. The maximum absolute atomic E-state index is 12.0. The van der Waals surface area contributed by atoms with Gasteiger partial charge in [-0.15, -0.1) is 0 Å². The molecular formula is C15H30N2O3. The Balaban J connectivity index is 4.50. The molecule has 0 aliphatic carbocycles. The first-order valence-corrected chi connectivity index (χ1v) is 7.23. The van der Waals surface area contributed by atoms with Gasteiger partial charge in [-0.2, -0.15) is 0 Å². The quantitative estimate of drug-likeness (QED) is 0.700. The van der Waals surface area contributed by atoms with E-state index < -0.39 is 12.0 Å². The van der Waals surface area contributed by atoms with Crippen LogP contribution in [0.15, 0.2) is 0 Å². The first kappa shape index (κ1) is 18.9. The second-order valence-electron chi connectivity index (χ2n) is 6.68. The van der Waals surface area contributed by atoms with Crippen molar-refractivity contribution < 1.29 is 14.3 Å². The van der Waals surface area contributed by atoms with Crippen LogP contribution in [-0.4, -0.2) is 31.1 Å². The first-order valence-electron chi connectivity index (χ1n) is 7.23. The molecule has 0 aliphatic heterocycles. The van der Waals surface area contributed by atoms with Crippen molar-refractivity contribution in [1.29, 1.82) is 0 Å². The summed E-state index contributed by atoms with van der Waals surface area (Å²) in [6.07, 6.45) is 1.77. The molecule has 0 spiro atoms. The molecule has 0 saturated heterocycles. The third-order valence-electron chi connectivity index (χ3n) is 3.31. The molecule has 0 aliphatic rings. The molecule has 0 radical (unpaired) electrons. The minimum absolute atomic E-state index is 0.0326. The van der Waals surface area contributed by atoms with Gasteiger partial charge in [0.2, 0.25) is 5.91 Å². The predicted molar refractivity (Wildman–Crippen MR) is 80.1 cm³/mol. The third-order valence-corrected chi connectivity index (χ3v) is 3.31. The van der Waals surface area contributed by atoms with Crippen molar-refractivity contribution in [3.05, 3.63) is 0 Å². The molecule has 118 valence electrons. The zero-order valence-electron chi connectivity index (χ0n) is 13.7. The predicted octanol–water partition coefficient (Wildman–Crippen LogP) is 1.84. The largest absolute Gasteiger partial charge is 0.467 e. The van der Waals surface area contributed by atoms with E-state index in [2.05, 4.69) is 26.1 Å². The SMILES string of the molecule is CCC(C)C(NC(=O)CC(N)CC(C)(C)C)C(=O)OC. The van der Waals surface area contributed by atoms with Crippen molar-refractivity contribution >= 4 is 11.9 Å². The van der Waals surface area contributed by atoms with Gasteiger partial charge in [-0.25, -0.2) is 4.79 Å². The van der Waals surface area contributed by atoms with Gasteiger partial charge in [0.25, 0.3) is 0 Å². The fraction of sp³-hybridized carbons (Fsp3) is 0.867. The van der Waals surface area contributed by atoms with Gasteiger partial charge in [0.05, 0.1) is 7.11 Å². The minimum Gasteiger partial charge on any atom is -0.467 e. The molecule has 0 fully saturated rings. The van der Waals surface area contributed by atoms with Crippen LogP contribution >= 0.6 is 0 Å². The van der Waals surface area contributed by atoms with E-state index in [1.165, 1.54) is 7.11 Å². The standard InChI is InChI=1S/C15H30N2O3/c1-7-10(2)13(14(19)20-6)17-12(18)8-11(16)9-15(3,4)5/h10-11,13H,7-9,16H2,1-6H3,(H,17,18). The van der Waals surface area contributed by atoms with Crippen molar-refractivity contribution in [3.63, 3.8) is 0 Å². The van der Waals surface area contributed by atoms with Crippen LogP contribution in [0.1, 0.15) is 53.9 Å². The van der Waals surface area contributed by atoms with Crippen molar-refractivity contribution in [1.82, 2.24) is 5.32 Å². The van der Waals surface area contributed by atoms with E-state index in [1.54, 1.807) is 0 Å². The summed E-state index contributed by atoms with van der Waals surface area (Å²) in [5.74, 6) is -0.570. The van der Waals surface area contributed by atoms with E-state index in [0.29, 0.717) is 0 Å². The molecule has 0 saturated carbocycles. The number of amides is 1. The lowest BCUT2D eigenvalue weighted by Crippen LogP contribution is -2.47. The Morgan fingerprint density at radius 1 is 1.30 bits per heavy atom. The average Bonchev–Trinajstić information content (AvgIpc) is 2.31. The number of hydrogen-bond acceptors (Lipinski definition) is 4. The fourth-order valence-corrected chi connectivity index (χ4v) is 2.13. The highest BCUT2D eigenvalue weighted by Gasteiger charge is 2.27. The van der Waals surface area contributed by atoms with E-state index in [9.17, 15) is 9.59 Å². The van der Waals surface area contributed by atoms with Crippen LogP contribution in [0.5, 0.6) is 0 Å². The van der Waals surface area contributed by atoms with Gasteiger partial charge in [0.1, 0.15) is 6.04 Å². The molecule has 0 aromatic carbocycles. The van der Waals surface area contributed by atoms with Gasteiger partial charge < -0.3 is 15.8 Å². The molecule has 3 atom stereocenters. The number of nitrogens with one attached hydrogen (secondary N) is 1. The highest BCUT2D eigenvalue weighted by atomic mass is 16.5. The summed E-state index contributed by atoms with van der Waals surface area (Å²) in [6, 6.07) is -0.801. The molecular weight excluding hydrogens is 256 g/mol. The Morgan fingerprint density at radius 2 is 1.85 bits per heavy atom. The lowest BCUT2D eigenvalue weighted by atomic mass is 9.87. The first-order chi connectivity index (χ1) is 9.10. The van der Waals surface area contributed by atoms with Gasteiger partial charge in [-0.05, 0) is 17.8 Å². The van der Waals surface area contributed by atoms with Crippen LogP contribution in [0.4, 0.5) is 0 Å². The lowest BCUT2D eigenvalue weighted by molar-refractivity contribution is -0.146. The molecule has 3 N–H and O–H groups in total. The monoisotopic (exact) mass is 286 g/mol. The number of methoxy groups -OCH3 is 1. The fourth-order valence-electron chi connectivity index (χ4n) is 2.13. The van der Waals surface area contributed by atoms with Gasteiger partial charge in [-0.3, -0.25) is 4.79 Å². The summed E-state index contributed by atoms with van der Waals surface area (Å²) in [5.41, 5.74) is 6.06. The lowest BCUT2D eigenvalue weighted by Gasteiger charge is -2.25. The van der Waals surface area contributed by atoms with E-state index in [1.807, 2.05) is 13.8 Å². The summed E-state index contributed by atoms with van der Waals surface area (Å²) in [4.78, 5) is 23.7. The third kappa shape index (κ3) is 7.48. The molecule has 0 bridgehead atoms. The van der Waals surface area contributed by atoms with Crippen LogP contribution in [0.3, 0.4) is 0 Å². The Hall–Kier alpha value is -1.10. The van der Waals surface area contributed by atoms with Gasteiger partial charge in [-0.1, -0.05) is 41.0 Å². The van der Waals surface area contributed by atoms with Crippen LogP contribution in [-0.2, 0) is 14.3 Å². The highest BCUT2D eigenvalue weighted by molar-refractivity contribution is 5.84. The molecule has 0 rings (SSSR count). The normalized spacial score (nSPS) is 16.1. The maximum Gasteiger partial charge on any atom is 0.328 e. The van der Waals surface area contributed by atoms with Crippen LogP contribution in [0.25, 0.3) is 0 Å². The molecule has 1 amide bonds. The second-order valence-corrected chi connectivity index (χ2v) is 6.68. The van der Waals surface area contributed by atoms with Crippen molar-refractivity contribution in [2.75, 3.05) is 7.11 Å². The van der Waals surface area contributed by atoms with Gasteiger partial charge >= 0.3 is 5.97 Å². The van der Waals surface area contributed by atoms with Crippen LogP contribution in [0.2, 0.25) is 0 Å². The Kier molecular flexibility index (Phi) is 7.79. The summed E-state index contributed by atoms with van der Waals surface area (Å²) < 4.78 is 4.74. The molecule has 0 aromatic rings. The Bertz CT molecular complexity index is 324. The summed E-state index contributed by atoms with van der Waals surface area (Å²) in [6.45, 7) is 10.1. The zero-order chi connectivity index (χ0) is 15.9. The van der Waals surface area contributed by atoms with E-state index in [0.717, 1.165) is 12.8 Å². The molecule has 5 heteroatoms. The number of carbonyl (C=O) groups excluding carboxylic acids is 2. The smallest absolute Gasteiger partial charge is 0.328 e.